The first-order chi connectivity index (χ1) is 14.6. The lowest BCUT2D eigenvalue weighted by molar-refractivity contribution is 0.0593. The largest absolute Gasteiger partial charge is 0.348 e. The Balaban J connectivity index is 1.64. The van der Waals surface area contributed by atoms with Crippen LogP contribution in [0.25, 0.3) is 0 Å². The zero-order valence-corrected chi connectivity index (χ0v) is 19.4. The summed E-state index contributed by atoms with van der Waals surface area (Å²) >= 11 is 0. The molecule has 0 spiro atoms. The van der Waals surface area contributed by atoms with Gasteiger partial charge >= 0.3 is 0 Å². The van der Waals surface area contributed by atoms with E-state index in [4.69, 9.17) is 0 Å². The van der Waals surface area contributed by atoms with Gasteiger partial charge < -0.3 is 10.2 Å². The van der Waals surface area contributed by atoms with E-state index >= 15 is 0 Å². The Labute approximate surface area is 185 Å². The molecule has 0 radical (unpaired) electrons. The number of hydrogen-bond acceptors (Lipinski definition) is 4. The maximum atomic E-state index is 13.2. The fourth-order valence-corrected chi connectivity index (χ4v) is 3.98. The first-order valence-electron chi connectivity index (χ1n) is 11.3. The van der Waals surface area contributed by atoms with Gasteiger partial charge in [-0.25, -0.2) is 0 Å². The molecule has 1 fully saturated rings. The highest BCUT2D eigenvalue weighted by atomic mass is 16.2. The molecule has 1 N–H and O–H groups in total. The molecule has 2 aromatic rings. The molecule has 1 atom stereocenters. The third-order valence-corrected chi connectivity index (χ3v) is 5.77. The zero-order chi connectivity index (χ0) is 22.6. The quantitative estimate of drug-likeness (QED) is 0.763. The lowest BCUT2D eigenvalue weighted by Crippen LogP contribution is -2.44. The van der Waals surface area contributed by atoms with E-state index in [9.17, 15) is 9.59 Å². The van der Waals surface area contributed by atoms with Crippen molar-refractivity contribution in [3.8, 4) is 0 Å². The Morgan fingerprint density at radius 1 is 1.16 bits per heavy atom. The van der Waals surface area contributed by atoms with Crippen molar-refractivity contribution in [3.05, 3.63) is 47.3 Å². The van der Waals surface area contributed by atoms with Crippen LogP contribution in [0.4, 0.5) is 0 Å². The molecule has 7 nitrogen and oxygen atoms in total. The van der Waals surface area contributed by atoms with E-state index in [0.717, 1.165) is 37.8 Å². The minimum atomic E-state index is -0.213. The van der Waals surface area contributed by atoms with Gasteiger partial charge in [-0.15, -0.1) is 5.10 Å². The highest BCUT2D eigenvalue weighted by molar-refractivity contribution is 5.94. The zero-order valence-electron chi connectivity index (χ0n) is 19.4. The van der Waals surface area contributed by atoms with Gasteiger partial charge in [-0.05, 0) is 62.6 Å². The minimum absolute atomic E-state index is 0.0527. The number of amides is 2. The summed E-state index contributed by atoms with van der Waals surface area (Å²) in [7, 11) is 0. The second-order valence-corrected chi connectivity index (χ2v) is 9.76. The standard InChI is InChI=1S/C24H35N5O2/c1-17(2)25-22(30)21-16-28(27-26-21)15-13-20-8-6-7-14-29(20)23(31)18-9-11-19(12-10-18)24(3,4)5/h9-12,16-17,20H,6-8,13-15H2,1-5H3,(H,25,30). The Bertz CT molecular complexity index is 895. The van der Waals surface area contributed by atoms with Gasteiger partial charge in [0, 0.05) is 30.7 Å². The van der Waals surface area contributed by atoms with Crippen LogP contribution < -0.4 is 5.32 Å². The van der Waals surface area contributed by atoms with E-state index < -0.39 is 0 Å². The third kappa shape index (κ3) is 5.93. The molecule has 1 aliphatic rings. The molecule has 1 aromatic heterocycles. The van der Waals surface area contributed by atoms with Crippen molar-refractivity contribution >= 4 is 11.8 Å². The monoisotopic (exact) mass is 425 g/mol. The maximum absolute atomic E-state index is 13.2. The molecule has 168 valence electrons. The van der Waals surface area contributed by atoms with E-state index in [-0.39, 0.29) is 29.3 Å². The summed E-state index contributed by atoms with van der Waals surface area (Å²) in [5.74, 6) is -0.116. The van der Waals surface area contributed by atoms with Crippen LogP contribution in [0.3, 0.4) is 0 Å². The van der Waals surface area contributed by atoms with Gasteiger partial charge in [0.15, 0.2) is 5.69 Å². The molecule has 2 amide bonds. The van der Waals surface area contributed by atoms with Crippen molar-refractivity contribution in [1.82, 2.24) is 25.2 Å². The number of hydrogen-bond donors (Lipinski definition) is 1. The van der Waals surface area contributed by atoms with Crippen molar-refractivity contribution in [3.63, 3.8) is 0 Å². The molecule has 1 aliphatic heterocycles. The van der Waals surface area contributed by atoms with Gasteiger partial charge in [-0.1, -0.05) is 38.1 Å². The second kappa shape index (κ2) is 9.62. The summed E-state index contributed by atoms with van der Waals surface area (Å²) in [5.41, 5.74) is 2.36. The van der Waals surface area contributed by atoms with Crippen LogP contribution in [-0.2, 0) is 12.0 Å². The van der Waals surface area contributed by atoms with E-state index in [0.29, 0.717) is 12.2 Å². The number of nitrogens with one attached hydrogen (secondary N) is 1. The summed E-state index contributed by atoms with van der Waals surface area (Å²) in [6.07, 6.45) is 5.61. The minimum Gasteiger partial charge on any atom is -0.348 e. The Morgan fingerprint density at radius 3 is 2.52 bits per heavy atom. The van der Waals surface area contributed by atoms with Crippen LogP contribution in [0.15, 0.2) is 30.5 Å². The number of aryl methyl sites for hydroxylation is 1. The number of carbonyl (C=O) groups is 2. The van der Waals surface area contributed by atoms with Crippen LogP contribution in [0.5, 0.6) is 0 Å². The number of carbonyl (C=O) groups excluding carboxylic acids is 2. The van der Waals surface area contributed by atoms with E-state index in [1.165, 1.54) is 5.56 Å². The molecule has 3 rings (SSSR count). The van der Waals surface area contributed by atoms with Crippen molar-refractivity contribution < 1.29 is 9.59 Å². The summed E-state index contributed by atoms with van der Waals surface area (Å²) in [6, 6.07) is 8.24. The van der Waals surface area contributed by atoms with E-state index in [1.807, 2.05) is 30.9 Å². The van der Waals surface area contributed by atoms with Crippen LogP contribution >= 0.6 is 0 Å². The molecule has 0 bridgehead atoms. The first kappa shape index (κ1) is 23.0. The number of likely N-dealkylation sites (tertiary alicyclic amines) is 1. The lowest BCUT2D eigenvalue weighted by Gasteiger charge is -2.36. The van der Waals surface area contributed by atoms with Crippen molar-refractivity contribution in [2.45, 2.75) is 84.3 Å². The predicted molar refractivity (Wildman–Crippen MR) is 121 cm³/mol. The van der Waals surface area contributed by atoms with Crippen LogP contribution in [0.1, 0.15) is 86.7 Å². The Kier molecular flexibility index (Phi) is 7.13. The highest BCUT2D eigenvalue weighted by Crippen LogP contribution is 2.25. The van der Waals surface area contributed by atoms with Crippen molar-refractivity contribution in [2.75, 3.05) is 6.54 Å². The molecule has 0 saturated carbocycles. The number of nitrogens with zero attached hydrogens (tertiary/aromatic N) is 4. The average molecular weight is 426 g/mol. The predicted octanol–water partition coefficient (Wildman–Crippen LogP) is 3.80. The Hall–Kier alpha value is -2.70. The second-order valence-electron chi connectivity index (χ2n) is 9.76. The van der Waals surface area contributed by atoms with E-state index in [1.54, 1.807) is 10.9 Å². The fraction of sp³-hybridized carbons (Fsp3) is 0.583. The third-order valence-electron chi connectivity index (χ3n) is 5.77. The number of aromatic nitrogens is 3. The summed E-state index contributed by atoms with van der Waals surface area (Å²) in [5, 5.41) is 10.9. The summed E-state index contributed by atoms with van der Waals surface area (Å²) < 4.78 is 1.70. The smallest absolute Gasteiger partial charge is 0.273 e. The van der Waals surface area contributed by atoms with E-state index in [2.05, 4.69) is 48.5 Å². The number of piperidine rings is 1. The van der Waals surface area contributed by atoms with Gasteiger partial charge in [-0.3, -0.25) is 14.3 Å². The molecule has 31 heavy (non-hydrogen) atoms. The van der Waals surface area contributed by atoms with Gasteiger partial charge in [0.2, 0.25) is 0 Å². The normalized spacial score (nSPS) is 17.1. The fourth-order valence-electron chi connectivity index (χ4n) is 3.98. The summed E-state index contributed by atoms with van der Waals surface area (Å²) in [4.78, 5) is 27.3. The average Bonchev–Trinajstić information content (AvgIpc) is 3.20. The van der Waals surface area contributed by atoms with Crippen LogP contribution in [0.2, 0.25) is 0 Å². The van der Waals surface area contributed by atoms with Crippen LogP contribution in [-0.4, -0.2) is 50.3 Å². The molecule has 2 heterocycles. The van der Waals surface area contributed by atoms with Crippen molar-refractivity contribution in [2.24, 2.45) is 0 Å². The molecule has 0 aliphatic carbocycles. The van der Waals surface area contributed by atoms with Gasteiger partial charge in [0.25, 0.3) is 11.8 Å². The Morgan fingerprint density at radius 2 is 1.87 bits per heavy atom. The number of benzene rings is 1. The van der Waals surface area contributed by atoms with Crippen LogP contribution in [0, 0.1) is 0 Å². The van der Waals surface area contributed by atoms with Gasteiger partial charge in [0.05, 0.1) is 6.20 Å². The summed E-state index contributed by atoms with van der Waals surface area (Å²) in [6.45, 7) is 11.7. The number of rotatable bonds is 6. The lowest BCUT2D eigenvalue weighted by atomic mass is 9.86. The molecular weight excluding hydrogens is 390 g/mol. The molecule has 1 aromatic carbocycles. The topological polar surface area (TPSA) is 80.1 Å². The highest BCUT2D eigenvalue weighted by Gasteiger charge is 2.28. The first-order valence-corrected chi connectivity index (χ1v) is 11.3. The molecular formula is C24H35N5O2. The molecule has 7 heteroatoms. The SMILES string of the molecule is CC(C)NC(=O)c1cn(CCC2CCCCN2C(=O)c2ccc(C(C)(C)C)cc2)nn1. The molecule has 1 unspecified atom stereocenters. The van der Waals surface area contributed by atoms with Crippen molar-refractivity contribution in [1.29, 1.82) is 0 Å². The molecule has 1 saturated heterocycles. The van der Waals surface area contributed by atoms with Gasteiger partial charge in [0.1, 0.15) is 0 Å². The van der Waals surface area contributed by atoms with Gasteiger partial charge in [-0.2, -0.15) is 0 Å². The maximum Gasteiger partial charge on any atom is 0.273 e.